The summed E-state index contributed by atoms with van der Waals surface area (Å²) in [6, 6.07) is 3.52. The standard InChI is InChI=1S/C11H14N2OS/c1-3-13-11(15-2)7-10(14)9-5-4-6-12-8-9/h4-8,13H,3H2,1-2H3. The predicted molar refractivity (Wildman–Crippen MR) is 63.8 cm³/mol. The third kappa shape index (κ3) is 3.75. The highest BCUT2D eigenvalue weighted by atomic mass is 32.2. The van der Waals surface area contributed by atoms with E-state index in [-0.39, 0.29) is 5.78 Å². The van der Waals surface area contributed by atoms with Gasteiger partial charge in [-0.25, -0.2) is 0 Å². The van der Waals surface area contributed by atoms with Gasteiger partial charge in [-0.05, 0) is 25.3 Å². The zero-order valence-electron chi connectivity index (χ0n) is 8.86. The maximum absolute atomic E-state index is 11.7. The average molecular weight is 222 g/mol. The third-order valence-electron chi connectivity index (χ3n) is 1.78. The van der Waals surface area contributed by atoms with Gasteiger partial charge in [0.15, 0.2) is 5.78 Å². The fourth-order valence-corrected chi connectivity index (χ4v) is 1.58. The van der Waals surface area contributed by atoms with E-state index in [1.807, 2.05) is 13.2 Å². The number of thioether (sulfide) groups is 1. The first kappa shape index (κ1) is 11.8. The molecule has 0 aliphatic heterocycles. The van der Waals surface area contributed by atoms with Gasteiger partial charge < -0.3 is 5.32 Å². The van der Waals surface area contributed by atoms with Crippen LogP contribution in [0.2, 0.25) is 0 Å². The van der Waals surface area contributed by atoms with E-state index < -0.39 is 0 Å². The Labute approximate surface area is 94.0 Å². The molecule has 1 aromatic rings. The number of nitrogens with zero attached hydrogens (tertiary/aromatic N) is 1. The molecule has 3 nitrogen and oxygen atoms in total. The molecule has 1 rings (SSSR count). The fourth-order valence-electron chi connectivity index (χ4n) is 1.07. The molecule has 0 atom stereocenters. The van der Waals surface area contributed by atoms with Crippen LogP contribution >= 0.6 is 11.8 Å². The second kappa shape index (κ2) is 6.24. The quantitative estimate of drug-likeness (QED) is 0.612. The van der Waals surface area contributed by atoms with Gasteiger partial charge in [0.1, 0.15) is 0 Å². The van der Waals surface area contributed by atoms with Crippen LogP contribution in [0.1, 0.15) is 17.3 Å². The predicted octanol–water partition coefficient (Wildman–Crippen LogP) is 2.08. The molecule has 0 saturated carbocycles. The van der Waals surface area contributed by atoms with Crippen molar-refractivity contribution in [2.75, 3.05) is 12.8 Å². The van der Waals surface area contributed by atoms with Gasteiger partial charge in [-0.3, -0.25) is 9.78 Å². The Balaban J connectivity index is 2.77. The number of ketones is 1. The maximum Gasteiger partial charge on any atom is 0.189 e. The van der Waals surface area contributed by atoms with Gasteiger partial charge in [-0.1, -0.05) is 0 Å². The van der Waals surface area contributed by atoms with E-state index in [0.717, 1.165) is 11.6 Å². The van der Waals surface area contributed by atoms with E-state index in [1.54, 1.807) is 30.6 Å². The molecule has 1 N–H and O–H groups in total. The first-order valence-electron chi connectivity index (χ1n) is 4.71. The Kier molecular flexibility index (Phi) is 4.90. The van der Waals surface area contributed by atoms with Crippen molar-refractivity contribution in [1.29, 1.82) is 0 Å². The largest absolute Gasteiger partial charge is 0.380 e. The Morgan fingerprint density at radius 3 is 3.00 bits per heavy atom. The van der Waals surface area contributed by atoms with Crippen molar-refractivity contribution in [1.82, 2.24) is 10.3 Å². The fraction of sp³-hybridized carbons (Fsp3) is 0.273. The zero-order chi connectivity index (χ0) is 11.1. The second-order valence-electron chi connectivity index (χ2n) is 2.85. The lowest BCUT2D eigenvalue weighted by Gasteiger charge is -2.04. The van der Waals surface area contributed by atoms with Crippen molar-refractivity contribution >= 4 is 17.5 Å². The number of aromatic nitrogens is 1. The summed E-state index contributed by atoms with van der Waals surface area (Å²) in [6.45, 7) is 2.81. The van der Waals surface area contributed by atoms with Gasteiger partial charge >= 0.3 is 0 Å². The number of hydrogen-bond donors (Lipinski definition) is 1. The van der Waals surface area contributed by atoms with Gasteiger partial charge in [0.2, 0.25) is 0 Å². The van der Waals surface area contributed by atoms with Crippen molar-refractivity contribution in [3.63, 3.8) is 0 Å². The minimum atomic E-state index is -0.0200. The molecule has 0 unspecified atom stereocenters. The molecule has 4 heteroatoms. The summed E-state index contributed by atoms with van der Waals surface area (Å²) >= 11 is 1.53. The van der Waals surface area contributed by atoms with Crippen LogP contribution in [-0.2, 0) is 0 Å². The second-order valence-corrected chi connectivity index (χ2v) is 3.70. The van der Waals surface area contributed by atoms with E-state index >= 15 is 0 Å². The van der Waals surface area contributed by atoms with Crippen LogP contribution in [0, 0.1) is 0 Å². The Bertz CT molecular complexity index is 349. The molecular formula is C11H14N2OS. The van der Waals surface area contributed by atoms with Crippen molar-refractivity contribution < 1.29 is 4.79 Å². The SMILES string of the molecule is CCNC(=CC(=O)c1cccnc1)SC. The normalized spacial score (nSPS) is 11.2. The lowest BCUT2D eigenvalue weighted by Crippen LogP contribution is -2.11. The molecular weight excluding hydrogens is 208 g/mol. The Morgan fingerprint density at radius 2 is 2.47 bits per heavy atom. The molecule has 0 saturated heterocycles. The molecule has 1 heterocycles. The molecule has 80 valence electrons. The molecule has 0 radical (unpaired) electrons. The molecule has 0 aliphatic carbocycles. The molecule has 0 spiro atoms. The summed E-state index contributed by atoms with van der Waals surface area (Å²) in [4.78, 5) is 15.6. The topological polar surface area (TPSA) is 42.0 Å². The highest BCUT2D eigenvalue weighted by Gasteiger charge is 2.03. The maximum atomic E-state index is 11.7. The molecule has 0 aromatic carbocycles. The summed E-state index contributed by atoms with van der Waals surface area (Å²) in [5, 5.41) is 4.00. The minimum Gasteiger partial charge on any atom is -0.380 e. The van der Waals surface area contributed by atoms with Gasteiger partial charge in [-0.15, -0.1) is 11.8 Å². The summed E-state index contributed by atoms with van der Waals surface area (Å²) in [7, 11) is 0. The number of nitrogens with one attached hydrogen (secondary N) is 1. The first-order chi connectivity index (χ1) is 7.27. The average Bonchev–Trinajstić information content (AvgIpc) is 2.29. The smallest absolute Gasteiger partial charge is 0.189 e. The number of allylic oxidation sites excluding steroid dienone is 1. The number of carbonyl (C=O) groups excluding carboxylic acids is 1. The first-order valence-corrected chi connectivity index (χ1v) is 5.94. The van der Waals surface area contributed by atoms with Crippen LogP contribution in [0.15, 0.2) is 35.6 Å². The van der Waals surface area contributed by atoms with E-state index in [1.165, 1.54) is 11.8 Å². The number of pyridine rings is 1. The summed E-state index contributed by atoms with van der Waals surface area (Å²) < 4.78 is 0. The van der Waals surface area contributed by atoms with Crippen LogP contribution in [-0.4, -0.2) is 23.6 Å². The highest BCUT2D eigenvalue weighted by Crippen LogP contribution is 2.09. The zero-order valence-corrected chi connectivity index (χ0v) is 9.67. The summed E-state index contributed by atoms with van der Waals surface area (Å²) in [6.07, 6.45) is 6.76. The molecule has 0 aliphatic rings. The van der Waals surface area contributed by atoms with Crippen LogP contribution in [0.4, 0.5) is 0 Å². The van der Waals surface area contributed by atoms with E-state index in [4.69, 9.17) is 0 Å². The molecule has 0 bridgehead atoms. The molecule has 0 fully saturated rings. The Hall–Kier alpha value is -1.29. The van der Waals surface area contributed by atoms with E-state index in [9.17, 15) is 4.79 Å². The minimum absolute atomic E-state index is 0.0200. The van der Waals surface area contributed by atoms with E-state index in [2.05, 4.69) is 10.3 Å². The third-order valence-corrected chi connectivity index (χ3v) is 2.48. The molecule has 1 aromatic heterocycles. The van der Waals surface area contributed by atoms with Gasteiger partial charge in [0, 0.05) is 30.6 Å². The van der Waals surface area contributed by atoms with Gasteiger partial charge in [0.25, 0.3) is 0 Å². The lowest BCUT2D eigenvalue weighted by molar-refractivity contribution is 0.104. The highest BCUT2D eigenvalue weighted by molar-refractivity contribution is 8.02. The molecule has 0 amide bonds. The Morgan fingerprint density at radius 1 is 1.67 bits per heavy atom. The van der Waals surface area contributed by atoms with Gasteiger partial charge in [-0.2, -0.15) is 0 Å². The van der Waals surface area contributed by atoms with Crippen molar-refractivity contribution in [2.45, 2.75) is 6.92 Å². The van der Waals surface area contributed by atoms with Crippen LogP contribution in [0.5, 0.6) is 0 Å². The van der Waals surface area contributed by atoms with Crippen molar-refractivity contribution in [2.24, 2.45) is 0 Å². The van der Waals surface area contributed by atoms with Crippen molar-refractivity contribution in [3.05, 3.63) is 41.2 Å². The molecule has 15 heavy (non-hydrogen) atoms. The monoisotopic (exact) mass is 222 g/mol. The van der Waals surface area contributed by atoms with Crippen LogP contribution in [0.25, 0.3) is 0 Å². The number of carbonyl (C=O) groups is 1. The van der Waals surface area contributed by atoms with Crippen LogP contribution in [0.3, 0.4) is 0 Å². The van der Waals surface area contributed by atoms with Crippen LogP contribution < -0.4 is 5.32 Å². The van der Waals surface area contributed by atoms with Crippen molar-refractivity contribution in [3.8, 4) is 0 Å². The number of rotatable bonds is 5. The van der Waals surface area contributed by atoms with E-state index in [0.29, 0.717) is 5.56 Å². The lowest BCUT2D eigenvalue weighted by atomic mass is 10.2. The summed E-state index contributed by atoms with van der Waals surface area (Å²) in [5.74, 6) is -0.0200. The summed E-state index contributed by atoms with van der Waals surface area (Å²) in [5.41, 5.74) is 0.613. The van der Waals surface area contributed by atoms with Gasteiger partial charge in [0.05, 0.1) is 5.03 Å². The number of hydrogen-bond acceptors (Lipinski definition) is 4.